The lowest BCUT2D eigenvalue weighted by molar-refractivity contribution is -0.120. The van der Waals surface area contributed by atoms with E-state index in [1.807, 2.05) is 0 Å². The molecule has 4 rings (SSSR count). The number of nitrogens with zero attached hydrogens (tertiary/aromatic N) is 7. The predicted octanol–water partition coefficient (Wildman–Crippen LogP) is 2.23. The Balaban J connectivity index is 1.79. The maximum atomic E-state index is 12.9. The highest BCUT2D eigenvalue weighted by molar-refractivity contribution is 6.04. The van der Waals surface area contributed by atoms with Crippen molar-refractivity contribution in [2.24, 2.45) is 0 Å². The monoisotopic (exact) mass is 365 g/mol. The van der Waals surface area contributed by atoms with Crippen LogP contribution in [0, 0.1) is 11.3 Å². The molecule has 1 fully saturated rings. The molecule has 0 N–H and O–H groups in total. The van der Waals surface area contributed by atoms with E-state index in [9.17, 15) is 4.79 Å². The highest BCUT2D eigenvalue weighted by atomic mass is 16.2. The summed E-state index contributed by atoms with van der Waals surface area (Å²) in [5.74, 6) is 1.43. The van der Waals surface area contributed by atoms with E-state index in [-0.39, 0.29) is 18.4 Å². The third kappa shape index (κ3) is 2.93. The van der Waals surface area contributed by atoms with Gasteiger partial charge in [-0.2, -0.15) is 10.2 Å². The Kier molecular flexibility index (Phi) is 4.52. The first-order chi connectivity index (χ1) is 13.1. The number of amides is 1. The van der Waals surface area contributed by atoms with Gasteiger partial charge in [-0.05, 0) is 19.3 Å². The quantitative estimate of drug-likeness (QED) is 0.825. The summed E-state index contributed by atoms with van der Waals surface area (Å²) in [7, 11) is 1.79. The average molecular weight is 365 g/mol. The van der Waals surface area contributed by atoms with Gasteiger partial charge in [0, 0.05) is 19.3 Å². The number of carbonyl (C=O) groups excluding carboxylic acids is 1. The first kappa shape index (κ1) is 17.5. The Morgan fingerprint density at radius 1 is 1.30 bits per heavy atom. The largest absolute Gasteiger partial charge is 0.340 e. The molecule has 1 aliphatic heterocycles. The number of rotatable bonds is 4. The number of hydrogen-bond donors (Lipinski definition) is 0. The van der Waals surface area contributed by atoms with Crippen molar-refractivity contribution in [2.75, 3.05) is 16.8 Å². The smallest absolute Gasteiger partial charge is 0.249 e. The summed E-state index contributed by atoms with van der Waals surface area (Å²) >= 11 is 0. The minimum atomic E-state index is -0.190. The molecule has 1 amide bonds. The second kappa shape index (κ2) is 6.99. The number of nitriles is 1. The first-order valence-electron chi connectivity index (χ1n) is 9.47. The molecule has 8 heteroatoms. The van der Waals surface area contributed by atoms with Crippen molar-refractivity contribution >= 4 is 17.4 Å². The van der Waals surface area contributed by atoms with Crippen molar-refractivity contribution < 1.29 is 4.79 Å². The lowest BCUT2D eigenvalue weighted by Gasteiger charge is -2.43. The van der Waals surface area contributed by atoms with Gasteiger partial charge in [-0.1, -0.05) is 19.8 Å². The highest BCUT2D eigenvalue weighted by Crippen LogP contribution is 2.39. The number of aromatic nitrogens is 4. The zero-order valence-electron chi connectivity index (χ0n) is 15.7. The Labute approximate surface area is 158 Å². The Morgan fingerprint density at radius 3 is 2.78 bits per heavy atom. The zero-order valence-corrected chi connectivity index (χ0v) is 15.7. The average Bonchev–Trinajstić information content (AvgIpc) is 3.36. The van der Waals surface area contributed by atoms with Crippen LogP contribution in [0.25, 0.3) is 5.95 Å². The highest BCUT2D eigenvalue weighted by Gasteiger charge is 2.41. The van der Waals surface area contributed by atoms with Crippen molar-refractivity contribution in [1.82, 2.24) is 19.5 Å². The van der Waals surface area contributed by atoms with Gasteiger partial charge in [-0.15, -0.1) is 0 Å². The van der Waals surface area contributed by atoms with E-state index in [4.69, 9.17) is 10.2 Å². The predicted molar refractivity (Wildman–Crippen MR) is 101 cm³/mol. The van der Waals surface area contributed by atoms with Crippen molar-refractivity contribution in [3.63, 3.8) is 0 Å². The Bertz CT molecular complexity index is 894. The van der Waals surface area contributed by atoms with Crippen LogP contribution in [0.1, 0.15) is 44.7 Å². The molecule has 0 saturated heterocycles. The summed E-state index contributed by atoms with van der Waals surface area (Å²) in [6.07, 6.45) is 10.7. The van der Waals surface area contributed by atoms with Crippen LogP contribution in [0.15, 0.2) is 18.7 Å². The minimum Gasteiger partial charge on any atom is -0.340 e. The van der Waals surface area contributed by atoms with Gasteiger partial charge in [0.25, 0.3) is 0 Å². The number of carbonyl (C=O) groups is 1. The molecule has 3 heterocycles. The fourth-order valence-electron chi connectivity index (χ4n) is 4.14. The van der Waals surface area contributed by atoms with Crippen LogP contribution < -0.4 is 9.80 Å². The van der Waals surface area contributed by atoms with Crippen LogP contribution >= 0.6 is 0 Å². The molecule has 0 bridgehead atoms. The lowest BCUT2D eigenvalue weighted by atomic mass is 10.0. The molecular formula is C19H23N7O. The lowest BCUT2D eigenvalue weighted by Crippen LogP contribution is -2.55. The fourth-order valence-corrected chi connectivity index (χ4v) is 4.14. The van der Waals surface area contributed by atoms with Crippen molar-refractivity contribution in [1.29, 1.82) is 5.26 Å². The molecule has 1 saturated carbocycles. The maximum absolute atomic E-state index is 12.9. The summed E-state index contributed by atoms with van der Waals surface area (Å²) in [6.45, 7) is 2.05. The summed E-state index contributed by atoms with van der Waals surface area (Å²) in [4.78, 5) is 30.3. The van der Waals surface area contributed by atoms with Crippen molar-refractivity contribution in [2.45, 2.75) is 57.5 Å². The van der Waals surface area contributed by atoms with Crippen LogP contribution in [-0.2, 0) is 11.2 Å². The Hall–Kier alpha value is -2.95. The number of fused-ring (bicyclic) bond motifs is 1. The van der Waals surface area contributed by atoms with E-state index in [2.05, 4.69) is 27.9 Å². The second-order valence-electron chi connectivity index (χ2n) is 7.15. The third-order valence-electron chi connectivity index (χ3n) is 5.53. The van der Waals surface area contributed by atoms with Gasteiger partial charge in [0.1, 0.15) is 18.1 Å². The second-order valence-corrected chi connectivity index (χ2v) is 7.15. The van der Waals surface area contributed by atoms with Crippen LogP contribution in [-0.4, -0.2) is 44.6 Å². The van der Waals surface area contributed by atoms with E-state index < -0.39 is 0 Å². The summed E-state index contributed by atoms with van der Waals surface area (Å²) in [5, 5.41) is 8.85. The summed E-state index contributed by atoms with van der Waals surface area (Å²) in [6, 6.07) is 2.25. The van der Waals surface area contributed by atoms with Gasteiger partial charge in [0.05, 0.1) is 24.4 Å². The molecule has 0 aromatic carbocycles. The Morgan fingerprint density at radius 2 is 2.07 bits per heavy atom. The number of imidazole rings is 1. The standard InChI is InChI=1S/C19H23N7O/c1-3-15-18(27)24(2)16-10-21-19(25-11-13(8-9-20)22-12-25)23-17(16)26(15)14-6-4-5-7-14/h10-12,14-15H,3-8H2,1-2H3. The van der Waals surface area contributed by atoms with Crippen molar-refractivity contribution in [3.05, 3.63) is 24.4 Å². The van der Waals surface area contributed by atoms with E-state index in [0.29, 0.717) is 17.7 Å². The molecule has 0 radical (unpaired) electrons. The van der Waals surface area contributed by atoms with Gasteiger partial charge >= 0.3 is 0 Å². The molecule has 8 nitrogen and oxygen atoms in total. The summed E-state index contributed by atoms with van der Waals surface area (Å²) < 4.78 is 1.73. The molecule has 27 heavy (non-hydrogen) atoms. The van der Waals surface area contributed by atoms with Gasteiger partial charge in [0.15, 0.2) is 5.82 Å². The normalized spacial score (nSPS) is 20.0. The number of likely N-dealkylation sites (N-methyl/N-ethyl adjacent to an activating group) is 1. The number of hydrogen-bond acceptors (Lipinski definition) is 6. The molecule has 1 atom stereocenters. The molecule has 0 spiro atoms. The van der Waals surface area contributed by atoms with Crippen molar-refractivity contribution in [3.8, 4) is 12.0 Å². The van der Waals surface area contributed by atoms with E-state index >= 15 is 0 Å². The molecular weight excluding hydrogens is 342 g/mol. The molecule has 2 aromatic rings. The van der Waals surface area contributed by atoms with Gasteiger partial charge < -0.3 is 9.80 Å². The van der Waals surface area contributed by atoms with Crippen LogP contribution in [0.3, 0.4) is 0 Å². The minimum absolute atomic E-state index is 0.104. The van der Waals surface area contributed by atoms with E-state index in [1.54, 1.807) is 35.2 Å². The third-order valence-corrected chi connectivity index (χ3v) is 5.53. The first-order valence-corrected chi connectivity index (χ1v) is 9.47. The number of anilines is 2. The molecule has 2 aliphatic rings. The fraction of sp³-hybridized carbons (Fsp3) is 0.526. The topological polar surface area (TPSA) is 90.9 Å². The molecule has 1 unspecified atom stereocenters. The van der Waals surface area contributed by atoms with E-state index in [1.165, 1.54) is 12.8 Å². The summed E-state index contributed by atoms with van der Waals surface area (Å²) in [5.41, 5.74) is 1.43. The van der Waals surface area contributed by atoms with Crippen LogP contribution in [0.2, 0.25) is 0 Å². The van der Waals surface area contributed by atoms with E-state index in [0.717, 1.165) is 30.8 Å². The van der Waals surface area contributed by atoms with Crippen LogP contribution in [0.4, 0.5) is 11.5 Å². The van der Waals surface area contributed by atoms with Gasteiger partial charge in [-0.25, -0.2) is 9.97 Å². The maximum Gasteiger partial charge on any atom is 0.249 e. The van der Waals surface area contributed by atoms with Gasteiger partial charge in [-0.3, -0.25) is 9.36 Å². The van der Waals surface area contributed by atoms with Gasteiger partial charge in [0.2, 0.25) is 11.9 Å². The van der Waals surface area contributed by atoms with Crippen LogP contribution in [0.5, 0.6) is 0 Å². The zero-order chi connectivity index (χ0) is 19.0. The SMILES string of the molecule is CCC1C(=O)N(C)c2cnc(-n3cnc(CC#N)c3)nc2N1C1CCCC1. The molecule has 140 valence electrons. The molecule has 2 aromatic heterocycles. The molecule has 1 aliphatic carbocycles.